The van der Waals surface area contributed by atoms with Crippen LogP contribution in [0, 0.1) is 22.7 Å². The van der Waals surface area contributed by atoms with Gasteiger partial charge in [-0.15, -0.1) is 0 Å². The fourth-order valence-electron chi connectivity index (χ4n) is 3.99. The topological polar surface area (TPSA) is 61.2 Å². The molecule has 1 heterocycles. The molecular weight excluding hydrogens is 300 g/mol. The number of nitrogens with zero attached hydrogens (tertiary/aromatic N) is 2. The van der Waals surface area contributed by atoms with E-state index >= 15 is 0 Å². The number of hydrogen-bond acceptors (Lipinski definition) is 3. The minimum absolute atomic E-state index is 0.0220. The first-order valence-electron chi connectivity index (χ1n) is 8.44. The van der Waals surface area contributed by atoms with E-state index in [1.807, 2.05) is 13.0 Å². The quantitative estimate of drug-likeness (QED) is 0.734. The highest BCUT2D eigenvalue weighted by Gasteiger charge is 2.46. The normalized spacial score (nSPS) is 29.2. The van der Waals surface area contributed by atoms with E-state index < -0.39 is 5.41 Å². The molecular formula is C20H22N2O2. The van der Waals surface area contributed by atoms with E-state index in [9.17, 15) is 14.9 Å². The van der Waals surface area contributed by atoms with Crippen LogP contribution in [-0.2, 0) is 9.59 Å². The number of rotatable bonds is 2. The summed E-state index contributed by atoms with van der Waals surface area (Å²) in [7, 11) is 0. The van der Waals surface area contributed by atoms with Crippen molar-refractivity contribution in [3.05, 3.63) is 47.1 Å². The lowest BCUT2D eigenvalue weighted by Gasteiger charge is -2.43. The van der Waals surface area contributed by atoms with E-state index in [0.717, 1.165) is 24.0 Å². The van der Waals surface area contributed by atoms with Gasteiger partial charge < -0.3 is 4.90 Å². The summed E-state index contributed by atoms with van der Waals surface area (Å²) in [5, 5.41) is 9.40. The molecule has 0 bridgehead atoms. The fraction of sp³-hybridized carbons (Fsp3) is 0.450. The van der Waals surface area contributed by atoms with Crippen molar-refractivity contribution >= 4 is 11.7 Å². The van der Waals surface area contributed by atoms with Gasteiger partial charge in [-0.1, -0.05) is 36.0 Å². The van der Waals surface area contributed by atoms with Crippen LogP contribution in [0.15, 0.2) is 47.1 Å². The molecule has 0 fully saturated rings. The molecule has 1 aliphatic heterocycles. The first kappa shape index (κ1) is 16.4. The largest absolute Gasteiger partial charge is 0.338 e. The van der Waals surface area contributed by atoms with Gasteiger partial charge in [-0.3, -0.25) is 9.59 Å². The summed E-state index contributed by atoms with van der Waals surface area (Å²) in [5.74, 6) is -0.120. The zero-order valence-electron chi connectivity index (χ0n) is 14.2. The lowest BCUT2D eigenvalue weighted by atomic mass is 9.62. The first-order chi connectivity index (χ1) is 11.5. The fourth-order valence-corrected chi connectivity index (χ4v) is 3.99. The van der Waals surface area contributed by atoms with Gasteiger partial charge in [-0.25, -0.2) is 0 Å². The molecule has 0 saturated carbocycles. The molecule has 124 valence electrons. The van der Waals surface area contributed by atoms with Crippen molar-refractivity contribution in [1.82, 2.24) is 4.90 Å². The molecule has 0 N–H and O–H groups in total. The third-order valence-electron chi connectivity index (χ3n) is 5.29. The van der Waals surface area contributed by atoms with E-state index in [-0.39, 0.29) is 23.2 Å². The van der Waals surface area contributed by atoms with E-state index in [0.29, 0.717) is 19.5 Å². The van der Waals surface area contributed by atoms with Gasteiger partial charge in [0.1, 0.15) is 6.07 Å². The molecule has 1 amide bonds. The van der Waals surface area contributed by atoms with E-state index in [4.69, 9.17) is 0 Å². The molecule has 0 aromatic carbocycles. The van der Waals surface area contributed by atoms with Crippen LogP contribution in [-0.4, -0.2) is 29.7 Å². The number of carbonyl (C=O) groups is 2. The standard InChI is InChI=1S/C20H22N2O2/c1-14(23)22-9-8-18-17(13-22)10-16(12-21)19(24)20(18,2)11-15-6-4-3-5-7-15/h4,6-8,10,17H,3,5,9,11,13H2,1-2H3/t17?,20-/m1/s1. The molecule has 0 spiro atoms. The van der Waals surface area contributed by atoms with Gasteiger partial charge in [0, 0.05) is 25.9 Å². The maximum atomic E-state index is 13.0. The Morgan fingerprint density at radius 3 is 2.83 bits per heavy atom. The highest BCUT2D eigenvalue weighted by atomic mass is 16.2. The highest BCUT2D eigenvalue weighted by molar-refractivity contribution is 6.06. The lowest BCUT2D eigenvalue weighted by Crippen LogP contribution is -2.46. The van der Waals surface area contributed by atoms with Crippen LogP contribution in [0.2, 0.25) is 0 Å². The van der Waals surface area contributed by atoms with Gasteiger partial charge >= 0.3 is 0 Å². The predicted molar refractivity (Wildman–Crippen MR) is 91.7 cm³/mol. The van der Waals surface area contributed by atoms with Crippen LogP contribution in [0.1, 0.15) is 33.1 Å². The van der Waals surface area contributed by atoms with Crippen LogP contribution >= 0.6 is 0 Å². The molecule has 0 aromatic heterocycles. The number of Topliss-reactive ketones (excluding diaryl/α,β-unsaturated/α-hetero) is 1. The number of fused-ring (bicyclic) bond motifs is 1. The van der Waals surface area contributed by atoms with E-state index in [2.05, 4.69) is 24.3 Å². The summed E-state index contributed by atoms with van der Waals surface area (Å²) in [5.41, 5.74) is 1.75. The third kappa shape index (κ3) is 2.75. The van der Waals surface area contributed by atoms with Gasteiger partial charge in [0.25, 0.3) is 0 Å². The van der Waals surface area contributed by atoms with Crippen LogP contribution in [0.5, 0.6) is 0 Å². The van der Waals surface area contributed by atoms with Crippen molar-refractivity contribution in [3.8, 4) is 6.07 Å². The number of ketones is 1. The monoisotopic (exact) mass is 322 g/mol. The molecule has 2 atom stereocenters. The van der Waals surface area contributed by atoms with Crippen molar-refractivity contribution in [2.75, 3.05) is 13.1 Å². The van der Waals surface area contributed by atoms with Crippen molar-refractivity contribution in [3.63, 3.8) is 0 Å². The summed E-state index contributed by atoms with van der Waals surface area (Å²) in [6.07, 6.45) is 12.8. The minimum atomic E-state index is -0.694. The molecule has 0 saturated heterocycles. The molecule has 3 rings (SSSR count). The number of amides is 1. The van der Waals surface area contributed by atoms with Crippen molar-refractivity contribution in [1.29, 1.82) is 5.26 Å². The Hall–Kier alpha value is -2.41. The number of hydrogen-bond donors (Lipinski definition) is 0. The maximum Gasteiger partial charge on any atom is 0.219 e. The Balaban J connectivity index is 2.00. The minimum Gasteiger partial charge on any atom is -0.338 e. The molecule has 4 nitrogen and oxygen atoms in total. The van der Waals surface area contributed by atoms with Gasteiger partial charge in [-0.05, 0) is 31.8 Å². The lowest BCUT2D eigenvalue weighted by molar-refractivity contribution is -0.129. The summed E-state index contributed by atoms with van der Waals surface area (Å²) >= 11 is 0. The molecule has 24 heavy (non-hydrogen) atoms. The number of nitriles is 1. The smallest absolute Gasteiger partial charge is 0.219 e. The Bertz CT molecular complexity index is 748. The van der Waals surface area contributed by atoms with Gasteiger partial charge in [-0.2, -0.15) is 5.26 Å². The van der Waals surface area contributed by atoms with Crippen LogP contribution in [0.3, 0.4) is 0 Å². The van der Waals surface area contributed by atoms with Crippen LogP contribution < -0.4 is 0 Å². The second kappa shape index (κ2) is 6.24. The average molecular weight is 322 g/mol. The number of allylic oxidation sites excluding steroid dienone is 5. The van der Waals surface area contributed by atoms with Crippen molar-refractivity contribution in [2.24, 2.45) is 11.3 Å². The Morgan fingerprint density at radius 2 is 2.21 bits per heavy atom. The summed E-state index contributed by atoms with van der Waals surface area (Å²) in [6.45, 7) is 4.59. The third-order valence-corrected chi connectivity index (χ3v) is 5.29. The molecule has 3 aliphatic rings. The maximum absolute atomic E-state index is 13.0. The SMILES string of the molecule is CC(=O)N1CC=C2C(C=C(C#N)C(=O)[C@]2(C)CC2=CCCC=C2)C1. The molecule has 4 heteroatoms. The highest BCUT2D eigenvalue weighted by Crippen LogP contribution is 2.46. The van der Waals surface area contributed by atoms with Gasteiger partial charge in [0.15, 0.2) is 5.78 Å². The summed E-state index contributed by atoms with van der Waals surface area (Å²) in [4.78, 5) is 26.4. The first-order valence-corrected chi connectivity index (χ1v) is 8.44. The van der Waals surface area contributed by atoms with Crippen molar-refractivity contribution in [2.45, 2.75) is 33.1 Å². The second-order valence-electron chi connectivity index (χ2n) is 6.98. The predicted octanol–water partition coefficient (Wildman–Crippen LogP) is 3.10. The second-order valence-corrected chi connectivity index (χ2v) is 6.98. The average Bonchev–Trinajstić information content (AvgIpc) is 2.58. The summed E-state index contributed by atoms with van der Waals surface area (Å²) in [6, 6.07) is 2.07. The Labute approximate surface area is 142 Å². The number of carbonyl (C=O) groups excluding carboxylic acids is 2. The van der Waals surface area contributed by atoms with Crippen LogP contribution in [0.4, 0.5) is 0 Å². The van der Waals surface area contributed by atoms with Crippen molar-refractivity contribution < 1.29 is 9.59 Å². The summed E-state index contributed by atoms with van der Waals surface area (Å²) < 4.78 is 0. The molecule has 1 unspecified atom stereocenters. The zero-order valence-corrected chi connectivity index (χ0v) is 14.2. The molecule has 2 aliphatic carbocycles. The Morgan fingerprint density at radius 1 is 1.42 bits per heavy atom. The molecule has 0 radical (unpaired) electrons. The Kier molecular flexibility index (Phi) is 4.28. The zero-order chi connectivity index (χ0) is 17.3. The van der Waals surface area contributed by atoms with E-state index in [1.54, 1.807) is 17.9 Å². The molecule has 0 aromatic rings. The van der Waals surface area contributed by atoms with Gasteiger partial charge in [0.2, 0.25) is 5.91 Å². The van der Waals surface area contributed by atoms with Gasteiger partial charge in [0.05, 0.1) is 11.0 Å². The van der Waals surface area contributed by atoms with Crippen LogP contribution in [0.25, 0.3) is 0 Å². The van der Waals surface area contributed by atoms with E-state index in [1.165, 1.54) is 0 Å².